The molecule has 154 valence electrons. The minimum atomic E-state index is -0.351. The van der Waals surface area contributed by atoms with Gasteiger partial charge in [0, 0.05) is 12.8 Å². The molecule has 0 saturated heterocycles. The summed E-state index contributed by atoms with van der Waals surface area (Å²) in [6, 6.07) is 0. The molecule has 0 aromatic rings. The number of hydrogen-bond acceptors (Lipinski definition) is 4. The van der Waals surface area contributed by atoms with Crippen LogP contribution in [0.2, 0.25) is 0 Å². The van der Waals surface area contributed by atoms with Gasteiger partial charge in [0.25, 0.3) is 0 Å². The quantitative estimate of drug-likeness (QED) is 0.149. The van der Waals surface area contributed by atoms with E-state index in [0.717, 1.165) is 6.42 Å². The first-order valence-electron chi connectivity index (χ1n) is 10.6. The van der Waals surface area contributed by atoms with Gasteiger partial charge in [-0.25, -0.2) is 0 Å². The van der Waals surface area contributed by atoms with Gasteiger partial charge in [0.15, 0.2) is 6.10 Å². The molecule has 0 spiro atoms. The summed E-state index contributed by atoms with van der Waals surface area (Å²) in [6.07, 6.45) is 15.3. The highest BCUT2D eigenvalue weighted by atomic mass is 16.5. The van der Waals surface area contributed by atoms with E-state index in [-0.39, 0.29) is 30.9 Å². The lowest BCUT2D eigenvalue weighted by atomic mass is 10.1. The summed E-state index contributed by atoms with van der Waals surface area (Å²) in [4.78, 5) is 23.3. The lowest BCUT2D eigenvalue weighted by molar-refractivity contribution is -0.147. The lowest BCUT2D eigenvalue weighted by Gasteiger charge is -2.09. The van der Waals surface area contributed by atoms with Crippen LogP contribution in [0.1, 0.15) is 97.8 Å². The van der Waals surface area contributed by atoms with Crippen molar-refractivity contribution in [1.29, 1.82) is 0 Å². The molecule has 0 bridgehead atoms. The first-order chi connectivity index (χ1) is 13.1. The third-order valence-electron chi connectivity index (χ3n) is 4.19. The molecule has 0 aliphatic carbocycles. The number of ether oxygens (including phenoxy) is 2. The second-order valence-corrected chi connectivity index (χ2v) is 6.70. The number of carbonyl (C=O) groups excluding carboxylic acids is 2. The highest BCUT2D eigenvalue weighted by molar-refractivity contribution is 5.72. The Kier molecular flexibility index (Phi) is 17.8. The second-order valence-electron chi connectivity index (χ2n) is 6.70. The van der Waals surface area contributed by atoms with Crippen molar-refractivity contribution in [2.24, 2.45) is 0 Å². The van der Waals surface area contributed by atoms with E-state index in [9.17, 15) is 9.59 Å². The van der Waals surface area contributed by atoms with Crippen LogP contribution in [0, 0.1) is 11.8 Å². The minimum Gasteiger partial charge on any atom is -0.461 e. The van der Waals surface area contributed by atoms with E-state index in [1.54, 1.807) is 6.92 Å². The maximum Gasteiger partial charge on any atom is 0.307 e. The van der Waals surface area contributed by atoms with Crippen molar-refractivity contribution >= 4 is 11.9 Å². The smallest absolute Gasteiger partial charge is 0.307 e. The van der Waals surface area contributed by atoms with Crippen LogP contribution >= 0.6 is 0 Å². The zero-order chi connectivity index (χ0) is 20.2. The van der Waals surface area contributed by atoms with Crippen LogP contribution in [-0.4, -0.2) is 24.6 Å². The van der Waals surface area contributed by atoms with Crippen molar-refractivity contribution < 1.29 is 19.1 Å². The molecule has 0 fully saturated rings. The van der Waals surface area contributed by atoms with Gasteiger partial charge < -0.3 is 9.47 Å². The fourth-order valence-electron chi connectivity index (χ4n) is 2.59. The summed E-state index contributed by atoms with van der Waals surface area (Å²) in [5.41, 5.74) is 0. The van der Waals surface area contributed by atoms with Crippen molar-refractivity contribution in [3.05, 3.63) is 12.2 Å². The molecule has 27 heavy (non-hydrogen) atoms. The van der Waals surface area contributed by atoms with Crippen molar-refractivity contribution in [3.8, 4) is 11.8 Å². The fourth-order valence-corrected chi connectivity index (χ4v) is 2.59. The third kappa shape index (κ3) is 17.4. The fraction of sp³-hybridized carbons (Fsp3) is 0.739. The molecule has 0 radical (unpaired) electrons. The highest BCUT2D eigenvalue weighted by Crippen LogP contribution is 2.08. The molecule has 4 heteroatoms. The Labute approximate surface area is 166 Å². The van der Waals surface area contributed by atoms with Crippen molar-refractivity contribution in [2.45, 2.75) is 104 Å². The molecule has 0 aliphatic heterocycles. The van der Waals surface area contributed by atoms with Crippen LogP contribution in [-0.2, 0) is 19.1 Å². The largest absolute Gasteiger partial charge is 0.461 e. The van der Waals surface area contributed by atoms with Gasteiger partial charge in [-0.05, 0) is 32.6 Å². The van der Waals surface area contributed by atoms with E-state index in [1.807, 2.05) is 13.0 Å². The summed E-state index contributed by atoms with van der Waals surface area (Å²) in [5.74, 6) is 4.99. The van der Waals surface area contributed by atoms with Gasteiger partial charge in [-0.2, -0.15) is 0 Å². The second kappa shape index (κ2) is 19.0. The molecule has 0 aromatic heterocycles. The zero-order valence-corrected chi connectivity index (χ0v) is 17.6. The predicted octanol–water partition coefficient (Wildman–Crippen LogP) is 5.74. The van der Waals surface area contributed by atoms with Gasteiger partial charge in [0.05, 0.1) is 0 Å². The monoisotopic (exact) mass is 378 g/mol. The Morgan fingerprint density at radius 2 is 1.56 bits per heavy atom. The van der Waals surface area contributed by atoms with Crippen LogP contribution in [0.25, 0.3) is 0 Å². The normalized spacial score (nSPS) is 11.7. The number of unbranched alkanes of at least 4 members (excludes halogenated alkanes) is 7. The van der Waals surface area contributed by atoms with Crippen molar-refractivity contribution in [1.82, 2.24) is 0 Å². The standard InChI is InChI=1S/C23H38O4/c1-4-7-8-9-10-11-12-13-14-15-20-26-22(24)18-16-19-23(25)27-21(6-3)17-5-2/h14-15,21H,4,6-13,16,18-20H2,1-3H3/b15-14+. The zero-order valence-electron chi connectivity index (χ0n) is 17.6. The molecule has 1 atom stereocenters. The summed E-state index contributed by atoms with van der Waals surface area (Å²) in [7, 11) is 0. The Bertz CT molecular complexity index is 471. The van der Waals surface area contributed by atoms with Gasteiger partial charge in [-0.1, -0.05) is 70.4 Å². The molecule has 0 amide bonds. The molecule has 4 nitrogen and oxygen atoms in total. The van der Waals surface area contributed by atoms with E-state index < -0.39 is 0 Å². The van der Waals surface area contributed by atoms with Crippen LogP contribution in [0.3, 0.4) is 0 Å². The Morgan fingerprint density at radius 1 is 0.889 bits per heavy atom. The maximum atomic E-state index is 11.7. The van der Waals surface area contributed by atoms with Gasteiger partial charge in [-0.15, -0.1) is 5.92 Å². The van der Waals surface area contributed by atoms with E-state index in [4.69, 9.17) is 9.47 Å². The van der Waals surface area contributed by atoms with E-state index in [2.05, 4.69) is 24.8 Å². The van der Waals surface area contributed by atoms with Crippen molar-refractivity contribution in [3.63, 3.8) is 0 Å². The van der Waals surface area contributed by atoms with Gasteiger partial charge >= 0.3 is 11.9 Å². The number of carbonyl (C=O) groups is 2. The maximum absolute atomic E-state index is 11.7. The SMILES string of the molecule is CC#CC(CC)OC(=O)CCCC(=O)OC/C=C/CCCCCCCCC. The molecule has 0 aromatic carbocycles. The molecule has 0 saturated carbocycles. The van der Waals surface area contributed by atoms with Crippen LogP contribution in [0.4, 0.5) is 0 Å². The van der Waals surface area contributed by atoms with Crippen LogP contribution in [0.15, 0.2) is 12.2 Å². The van der Waals surface area contributed by atoms with E-state index >= 15 is 0 Å². The molecular weight excluding hydrogens is 340 g/mol. The minimum absolute atomic E-state index is 0.213. The van der Waals surface area contributed by atoms with Crippen LogP contribution in [0.5, 0.6) is 0 Å². The third-order valence-corrected chi connectivity index (χ3v) is 4.19. The van der Waals surface area contributed by atoms with E-state index in [0.29, 0.717) is 19.4 Å². The number of rotatable bonds is 16. The summed E-state index contributed by atoms with van der Waals surface area (Å²) >= 11 is 0. The Hall–Kier alpha value is -1.76. The summed E-state index contributed by atoms with van der Waals surface area (Å²) < 4.78 is 10.4. The highest BCUT2D eigenvalue weighted by Gasteiger charge is 2.11. The van der Waals surface area contributed by atoms with Crippen LogP contribution < -0.4 is 0 Å². The molecule has 0 heterocycles. The van der Waals surface area contributed by atoms with Crippen molar-refractivity contribution in [2.75, 3.05) is 6.61 Å². The Morgan fingerprint density at radius 3 is 2.22 bits per heavy atom. The van der Waals surface area contributed by atoms with Gasteiger partial charge in [0.1, 0.15) is 6.61 Å². The Balaban J connectivity index is 3.57. The molecule has 0 rings (SSSR count). The first-order valence-corrected chi connectivity index (χ1v) is 10.6. The molecule has 0 N–H and O–H groups in total. The summed E-state index contributed by atoms with van der Waals surface area (Å²) in [5, 5.41) is 0. The molecule has 0 aliphatic rings. The number of allylic oxidation sites excluding steroid dienone is 1. The average Bonchev–Trinajstić information content (AvgIpc) is 2.65. The first kappa shape index (κ1) is 25.2. The lowest BCUT2D eigenvalue weighted by Crippen LogP contribution is -2.16. The predicted molar refractivity (Wildman–Crippen MR) is 110 cm³/mol. The number of esters is 2. The van der Waals surface area contributed by atoms with E-state index in [1.165, 1.54) is 44.9 Å². The average molecular weight is 379 g/mol. The summed E-state index contributed by atoms with van der Waals surface area (Å²) in [6.45, 7) is 6.18. The van der Waals surface area contributed by atoms with Gasteiger partial charge in [0.2, 0.25) is 0 Å². The number of hydrogen-bond donors (Lipinski definition) is 0. The topological polar surface area (TPSA) is 52.6 Å². The molecular formula is C23H38O4. The van der Waals surface area contributed by atoms with Gasteiger partial charge in [-0.3, -0.25) is 9.59 Å². The molecule has 1 unspecified atom stereocenters.